The molecule has 0 aliphatic carbocycles. The SMILES string of the molecule is BC(C(=O)OC)C(=O)c1ccc(Cl)cc1. The zero-order chi connectivity index (χ0) is 11.4. The Morgan fingerprint density at radius 2 is 1.87 bits per heavy atom. The molecule has 0 radical (unpaired) electrons. The summed E-state index contributed by atoms with van der Waals surface area (Å²) in [5.74, 6) is -1.58. The molecule has 0 saturated carbocycles. The van der Waals surface area contributed by atoms with Gasteiger partial charge in [-0.2, -0.15) is 0 Å². The zero-order valence-corrected chi connectivity index (χ0v) is 9.25. The van der Waals surface area contributed by atoms with Crippen molar-refractivity contribution >= 4 is 31.2 Å². The van der Waals surface area contributed by atoms with Crippen LogP contribution in [0, 0.1) is 0 Å². The summed E-state index contributed by atoms with van der Waals surface area (Å²) in [7, 11) is 2.77. The number of ether oxygens (including phenoxy) is 1. The van der Waals surface area contributed by atoms with E-state index in [1.165, 1.54) is 15.0 Å². The summed E-state index contributed by atoms with van der Waals surface area (Å²) in [5.41, 5.74) is 0.456. The van der Waals surface area contributed by atoms with E-state index >= 15 is 0 Å². The van der Waals surface area contributed by atoms with Crippen molar-refractivity contribution < 1.29 is 14.3 Å². The molecule has 0 amide bonds. The van der Waals surface area contributed by atoms with Gasteiger partial charge in [0, 0.05) is 10.6 Å². The molecule has 1 aromatic rings. The Kier molecular flexibility index (Phi) is 3.92. The van der Waals surface area contributed by atoms with Crippen molar-refractivity contribution in [3.05, 3.63) is 34.9 Å². The smallest absolute Gasteiger partial charge is 0.308 e. The molecule has 3 nitrogen and oxygen atoms in total. The van der Waals surface area contributed by atoms with Gasteiger partial charge in [-0.25, -0.2) is 0 Å². The minimum Gasteiger partial charge on any atom is -0.469 e. The number of carbonyl (C=O) groups excluding carboxylic acids is 2. The first-order valence-corrected chi connectivity index (χ1v) is 4.81. The van der Waals surface area contributed by atoms with E-state index in [1.54, 1.807) is 24.3 Å². The molecule has 1 unspecified atom stereocenters. The van der Waals surface area contributed by atoms with Crippen LogP contribution in [-0.4, -0.2) is 26.7 Å². The van der Waals surface area contributed by atoms with E-state index < -0.39 is 11.8 Å². The Balaban J connectivity index is 2.85. The van der Waals surface area contributed by atoms with E-state index in [0.29, 0.717) is 10.6 Å². The zero-order valence-electron chi connectivity index (χ0n) is 8.49. The van der Waals surface area contributed by atoms with E-state index in [0.717, 1.165) is 0 Å². The molecule has 0 bridgehead atoms. The summed E-state index contributed by atoms with van der Waals surface area (Å²) < 4.78 is 4.49. The molecule has 0 aliphatic rings. The highest BCUT2D eigenvalue weighted by Crippen LogP contribution is 2.15. The Labute approximate surface area is 93.8 Å². The first-order chi connectivity index (χ1) is 7.06. The van der Waals surface area contributed by atoms with Crippen LogP contribution in [-0.2, 0) is 9.53 Å². The molecule has 0 spiro atoms. The lowest BCUT2D eigenvalue weighted by atomic mass is 9.81. The number of hydrogen-bond acceptors (Lipinski definition) is 3. The van der Waals surface area contributed by atoms with Crippen molar-refractivity contribution in [3.63, 3.8) is 0 Å². The van der Waals surface area contributed by atoms with Crippen molar-refractivity contribution in [2.24, 2.45) is 0 Å². The first kappa shape index (κ1) is 11.8. The van der Waals surface area contributed by atoms with Crippen LogP contribution in [0.4, 0.5) is 0 Å². The summed E-state index contributed by atoms with van der Waals surface area (Å²) >= 11 is 5.68. The molecule has 78 valence electrons. The molecular formula is C10H10BClO3. The second kappa shape index (κ2) is 4.98. The van der Waals surface area contributed by atoms with E-state index in [2.05, 4.69) is 4.74 Å². The molecule has 1 rings (SSSR count). The fraction of sp³-hybridized carbons (Fsp3) is 0.200. The normalized spacial score (nSPS) is 11.9. The van der Waals surface area contributed by atoms with Gasteiger partial charge in [-0.3, -0.25) is 9.59 Å². The van der Waals surface area contributed by atoms with Gasteiger partial charge in [0.15, 0.2) is 5.78 Å². The van der Waals surface area contributed by atoms with Crippen LogP contribution in [0.1, 0.15) is 10.4 Å². The molecule has 5 heteroatoms. The lowest BCUT2D eigenvalue weighted by molar-refractivity contribution is -0.139. The number of hydrogen-bond donors (Lipinski definition) is 0. The van der Waals surface area contributed by atoms with Crippen LogP contribution in [0.5, 0.6) is 0 Å². The molecule has 0 heterocycles. The third-order valence-electron chi connectivity index (χ3n) is 2.08. The number of Topliss-reactive ketones (excluding diaryl/α,β-unsaturated/α-hetero) is 1. The highest BCUT2D eigenvalue weighted by atomic mass is 35.5. The predicted octanol–water partition coefficient (Wildman–Crippen LogP) is 1.12. The highest BCUT2D eigenvalue weighted by Gasteiger charge is 2.22. The average molecular weight is 224 g/mol. The van der Waals surface area contributed by atoms with Crippen LogP contribution < -0.4 is 0 Å². The Bertz CT molecular complexity index is 375. The van der Waals surface area contributed by atoms with E-state index in [1.807, 2.05) is 0 Å². The molecule has 0 fully saturated rings. The van der Waals surface area contributed by atoms with Gasteiger partial charge in [0.25, 0.3) is 0 Å². The van der Waals surface area contributed by atoms with E-state index in [9.17, 15) is 9.59 Å². The number of rotatable bonds is 3. The third kappa shape index (κ3) is 2.83. The molecule has 1 atom stereocenters. The average Bonchev–Trinajstić information content (AvgIpc) is 2.27. The van der Waals surface area contributed by atoms with Crippen molar-refractivity contribution in [1.82, 2.24) is 0 Å². The molecule has 0 aromatic heterocycles. The summed E-state index contributed by atoms with van der Waals surface area (Å²) in [6.07, 6.45) is 0. The van der Waals surface area contributed by atoms with Gasteiger partial charge in [-0.05, 0) is 24.3 Å². The molecule has 15 heavy (non-hydrogen) atoms. The number of ketones is 1. The van der Waals surface area contributed by atoms with Crippen molar-refractivity contribution in [2.75, 3.05) is 7.11 Å². The van der Waals surface area contributed by atoms with E-state index in [4.69, 9.17) is 11.6 Å². The predicted molar refractivity (Wildman–Crippen MR) is 60.1 cm³/mol. The third-order valence-corrected chi connectivity index (χ3v) is 2.33. The van der Waals surface area contributed by atoms with Gasteiger partial charge in [0.1, 0.15) is 7.85 Å². The van der Waals surface area contributed by atoms with Gasteiger partial charge < -0.3 is 4.74 Å². The topological polar surface area (TPSA) is 43.4 Å². The van der Waals surface area contributed by atoms with Gasteiger partial charge in [0.05, 0.1) is 12.9 Å². The minimum absolute atomic E-state index is 0.265. The molecular weight excluding hydrogens is 214 g/mol. The molecule has 1 aromatic carbocycles. The summed E-state index contributed by atoms with van der Waals surface area (Å²) in [5, 5.41) is 0.553. The molecule has 0 saturated heterocycles. The van der Waals surface area contributed by atoms with Crippen molar-refractivity contribution in [1.29, 1.82) is 0 Å². The molecule has 0 aliphatic heterocycles. The summed E-state index contributed by atoms with van der Waals surface area (Å²) in [6.45, 7) is 0. The van der Waals surface area contributed by atoms with Crippen LogP contribution >= 0.6 is 11.6 Å². The summed E-state index contributed by atoms with van der Waals surface area (Å²) in [4.78, 5) is 22.8. The quantitative estimate of drug-likeness (QED) is 0.334. The fourth-order valence-electron chi connectivity index (χ4n) is 1.15. The van der Waals surface area contributed by atoms with Crippen molar-refractivity contribution in [3.8, 4) is 0 Å². The van der Waals surface area contributed by atoms with Gasteiger partial charge in [-0.1, -0.05) is 11.6 Å². The largest absolute Gasteiger partial charge is 0.469 e. The number of esters is 1. The van der Waals surface area contributed by atoms with Crippen molar-refractivity contribution in [2.45, 2.75) is 5.82 Å². The van der Waals surface area contributed by atoms with Crippen LogP contribution in [0.3, 0.4) is 0 Å². The standard InChI is InChI=1S/C10H10BClO3/c1-15-10(14)8(11)9(13)6-2-4-7(12)5-3-6/h2-5,8H,11H2,1H3. The number of carbonyl (C=O) groups is 2. The number of halogens is 1. The van der Waals surface area contributed by atoms with Crippen LogP contribution in [0.25, 0.3) is 0 Å². The minimum atomic E-state index is -0.781. The van der Waals surface area contributed by atoms with Crippen LogP contribution in [0.15, 0.2) is 24.3 Å². The number of methoxy groups -OCH3 is 1. The fourth-order valence-corrected chi connectivity index (χ4v) is 1.27. The molecule has 0 N–H and O–H groups in total. The van der Waals surface area contributed by atoms with Gasteiger partial charge in [0.2, 0.25) is 0 Å². The first-order valence-electron chi connectivity index (χ1n) is 4.44. The van der Waals surface area contributed by atoms with Crippen LogP contribution in [0.2, 0.25) is 10.8 Å². The second-order valence-corrected chi connectivity index (χ2v) is 3.55. The van der Waals surface area contributed by atoms with Gasteiger partial charge >= 0.3 is 5.97 Å². The Hall–Kier alpha value is -1.29. The Morgan fingerprint density at radius 3 is 2.33 bits per heavy atom. The number of benzene rings is 1. The lowest BCUT2D eigenvalue weighted by Gasteiger charge is -2.07. The van der Waals surface area contributed by atoms with Gasteiger partial charge in [-0.15, -0.1) is 0 Å². The van der Waals surface area contributed by atoms with E-state index in [-0.39, 0.29) is 5.78 Å². The second-order valence-electron chi connectivity index (χ2n) is 3.12. The maximum Gasteiger partial charge on any atom is 0.308 e. The summed E-state index contributed by atoms with van der Waals surface area (Å²) in [6, 6.07) is 6.39. The highest BCUT2D eigenvalue weighted by molar-refractivity contribution is 6.38. The lowest BCUT2D eigenvalue weighted by Crippen LogP contribution is -2.19. The Morgan fingerprint density at radius 1 is 1.33 bits per heavy atom. The maximum atomic E-state index is 11.7. The monoisotopic (exact) mass is 224 g/mol. The maximum absolute atomic E-state index is 11.7.